The molecule has 2 aliphatic rings. The predicted molar refractivity (Wildman–Crippen MR) is 87.8 cm³/mol. The average molecular weight is 338 g/mol. The van der Waals surface area contributed by atoms with Crippen molar-refractivity contribution in [2.24, 2.45) is 5.92 Å². The van der Waals surface area contributed by atoms with Crippen molar-refractivity contribution in [2.45, 2.75) is 19.9 Å². The van der Waals surface area contributed by atoms with Gasteiger partial charge in [0, 0.05) is 25.6 Å². The van der Waals surface area contributed by atoms with Gasteiger partial charge in [-0.05, 0) is 26.0 Å². The van der Waals surface area contributed by atoms with Gasteiger partial charge >= 0.3 is 0 Å². The van der Waals surface area contributed by atoms with Crippen molar-refractivity contribution in [1.29, 1.82) is 0 Å². The molecule has 1 saturated heterocycles. The van der Waals surface area contributed by atoms with Gasteiger partial charge in [0.25, 0.3) is 11.8 Å². The number of fused-ring (bicyclic) bond motifs is 1. The summed E-state index contributed by atoms with van der Waals surface area (Å²) in [6, 6.07) is 4.33. The van der Waals surface area contributed by atoms with Crippen LogP contribution >= 0.6 is 12.4 Å². The topological polar surface area (TPSA) is 78.5 Å². The first-order chi connectivity index (χ1) is 10.5. The Hall–Kier alpha value is -1.92. The van der Waals surface area contributed by atoms with Gasteiger partial charge in [0.05, 0.1) is 11.1 Å². The van der Waals surface area contributed by atoms with E-state index in [0.29, 0.717) is 23.6 Å². The van der Waals surface area contributed by atoms with Gasteiger partial charge in [0.2, 0.25) is 5.91 Å². The minimum atomic E-state index is -0.805. The van der Waals surface area contributed by atoms with Crippen molar-refractivity contribution in [1.82, 2.24) is 15.5 Å². The molecule has 2 N–H and O–H groups in total. The fourth-order valence-corrected chi connectivity index (χ4v) is 2.73. The number of rotatable bonds is 4. The first-order valence-electron chi connectivity index (χ1n) is 7.46. The number of nitrogens with zero attached hydrogens (tertiary/aromatic N) is 1. The summed E-state index contributed by atoms with van der Waals surface area (Å²) in [5.74, 6) is -0.649. The van der Waals surface area contributed by atoms with E-state index < -0.39 is 17.9 Å². The molecule has 0 bridgehead atoms. The molecule has 1 aromatic carbocycles. The molecule has 7 heteroatoms. The number of benzene rings is 1. The molecule has 3 amide bonds. The number of imide groups is 1. The quantitative estimate of drug-likeness (QED) is 0.794. The summed E-state index contributed by atoms with van der Waals surface area (Å²) >= 11 is 0. The van der Waals surface area contributed by atoms with Gasteiger partial charge in [-0.25, -0.2) is 0 Å². The molecule has 0 saturated carbocycles. The molecule has 2 heterocycles. The Bertz CT molecular complexity index is 658. The second kappa shape index (κ2) is 6.68. The molecule has 1 atom stereocenters. The standard InChI is InChI=1S/C16H19N3O3.ClH/c1-9-3-4-12-13(5-9)16(22)19(15(12)21)10(2)14(20)18-8-11-6-17-7-11;/h3-5,10-11,17H,6-8H2,1-2H3,(H,18,20);1H. The minimum Gasteiger partial charge on any atom is -0.354 e. The number of carbonyl (C=O) groups is 3. The van der Waals surface area contributed by atoms with Crippen molar-refractivity contribution < 1.29 is 14.4 Å². The van der Waals surface area contributed by atoms with E-state index in [4.69, 9.17) is 0 Å². The van der Waals surface area contributed by atoms with Gasteiger partial charge in [-0.3, -0.25) is 19.3 Å². The zero-order chi connectivity index (χ0) is 15.9. The largest absolute Gasteiger partial charge is 0.354 e. The van der Waals surface area contributed by atoms with Crippen molar-refractivity contribution >= 4 is 30.1 Å². The van der Waals surface area contributed by atoms with Crippen molar-refractivity contribution in [3.8, 4) is 0 Å². The lowest BCUT2D eigenvalue weighted by molar-refractivity contribution is -0.124. The summed E-state index contributed by atoms with van der Waals surface area (Å²) in [4.78, 5) is 38.1. The van der Waals surface area contributed by atoms with E-state index in [2.05, 4.69) is 10.6 Å². The van der Waals surface area contributed by atoms with E-state index in [1.165, 1.54) is 0 Å². The van der Waals surface area contributed by atoms with Crippen LogP contribution in [-0.2, 0) is 4.79 Å². The van der Waals surface area contributed by atoms with Crippen LogP contribution in [0.4, 0.5) is 0 Å². The monoisotopic (exact) mass is 337 g/mol. The lowest BCUT2D eigenvalue weighted by atomic mass is 10.0. The fourth-order valence-electron chi connectivity index (χ4n) is 2.73. The van der Waals surface area contributed by atoms with Crippen LogP contribution < -0.4 is 10.6 Å². The summed E-state index contributed by atoms with van der Waals surface area (Å²) in [7, 11) is 0. The number of halogens is 1. The zero-order valence-electron chi connectivity index (χ0n) is 13.1. The Labute approximate surface area is 141 Å². The van der Waals surface area contributed by atoms with E-state index in [1.54, 1.807) is 25.1 Å². The maximum absolute atomic E-state index is 12.4. The number of nitrogens with one attached hydrogen (secondary N) is 2. The van der Waals surface area contributed by atoms with Crippen LogP contribution in [0.3, 0.4) is 0 Å². The van der Waals surface area contributed by atoms with Crippen molar-refractivity contribution in [2.75, 3.05) is 19.6 Å². The molecule has 124 valence electrons. The molecular formula is C16H20ClN3O3. The van der Waals surface area contributed by atoms with Crippen LogP contribution in [0.2, 0.25) is 0 Å². The van der Waals surface area contributed by atoms with Crippen molar-refractivity contribution in [3.63, 3.8) is 0 Å². The number of hydrogen-bond acceptors (Lipinski definition) is 4. The van der Waals surface area contributed by atoms with Crippen LogP contribution in [0.15, 0.2) is 18.2 Å². The molecule has 6 nitrogen and oxygen atoms in total. The molecule has 0 aromatic heterocycles. The van der Waals surface area contributed by atoms with Crippen LogP contribution in [0.25, 0.3) is 0 Å². The smallest absolute Gasteiger partial charge is 0.262 e. The summed E-state index contributed by atoms with van der Waals surface area (Å²) < 4.78 is 0. The molecule has 23 heavy (non-hydrogen) atoms. The SMILES string of the molecule is Cc1ccc2c(c1)C(=O)N(C(C)C(=O)NCC1CNC1)C2=O.Cl. The second-order valence-electron chi connectivity index (χ2n) is 5.97. The molecular weight excluding hydrogens is 318 g/mol. The van der Waals surface area contributed by atoms with E-state index in [9.17, 15) is 14.4 Å². The number of carbonyl (C=O) groups excluding carboxylic acids is 3. The Morgan fingerprint density at radius 1 is 1.30 bits per heavy atom. The third-order valence-corrected chi connectivity index (χ3v) is 4.27. The first kappa shape index (κ1) is 17.4. The molecule has 0 spiro atoms. The Balaban J connectivity index is 0.00000192. The maximum atomic E-state index is 12.4. The molecule has 1 aromatic rings. The Morgan fingerprint density at radius 2 is 1.96 bits per heavy atom. The highest BCUT2D eigenvalue weighted by Crippen LogP contribution is 2.25. The molecule has 1 unspecified atom stereocenters. The molecule has 2 aliphatic heterocycles. The molecule has 0 radical (unpaired) electrons. The third kappa shape index (κ3) is 3.09. The highest BCUT2D eigenvalue weighted by Gasteiger charge is 2.40. The normalized spacial score (nSPS) is 18.1. The number of amides is 3. The number of hydrogen-bond donors (Lipinski definition) is 2. The number of aryl methyl sites for hydroxylation is 1. The minimum absolute atomic E-state index is 0. The highest BCUT2D eigenvalue weighted by molar-refractivity contribution is 6.22. The lowest BCUT2D eigenvalue weighted by Crippen LogP contribution is -2.52. The van der Waals surface area contributed by atoms with Gasteiger partial charge in [-0.2, -0.15) is 0 Å². The summed E-state index contributed by atoms with van der Waals surface area (Å²) in [5.41, 5.74) is 1.67. The van der Waals surface area contributed by atoms with E-state index >= 15 is 0 Å². The molecule has 1 fully saturated rings. The third-order valence-electron chi connectivity index (χ3n) is 4.27. The van der Waals surface area contributed by atoms with E-state index in [-0.39, 0.29) is 18.3 Å². The zero-order valence-corrected chi connectivity index (χ0v) is 13.9. The van der Waals surface area contributed by atoms with Crippen LogP contribution in [0.1, 0.15) is 33.2 Å². The van der Waals surface area contributed by atoms with Crippen LogP contribution in [0, 0.1) is 12.8 Å². The molecule has 3 rings (SSSR count). The van der Waals surface area contributed by atoms with Crippen LogP contribution in [0.5, 0.6) is 0 Å². The second-order valence-corrected chi connectivity index (χ2v) is 5.97. The van der Waals surface area contributed by atoms with Gasteiger partial charge in [-0.1, -0.05) is 11.6 Å². The molecule has 0 aliphatic carbocycles. The summed E-state index contributed by atoms with van der Waals surface area (Å²) in [6.07, 6.45) is 0. The summed E-state index contributed by atoms with van der Waals surface area (Å²) in [6.45, 7) is 5.80. The van der Waals surface area contributed by atoms with Crippen LogP contribution in [-0.4, -0.2) is 48.3 Å². The Kier molecular flexibility index (Phi) is 5.06. The average Bonchev–Trinajstić information content (AvgIpc) is 2.68. The highest BCUT2D eigenvalue weighted by atomic mass is 35.5. The van der Waals surface area contributed by atoms with Gasteiger partial charge < -0.3 is 10.6 Å². The lowest BCUT2D eigenvalue weighted by Gasteiger charge is -2.28. The van der Waals surface area contributed by atoms with Gasteiger partial charge in [0.1, 0.15) is 6.04 Å². The fraction of sp³-hybridized carbons (Fsp3) is 0.438. The summed E-state index contributed by atoms with van der Waals surface area (Å²) in [5, 5.41) is 5.95. The Morgan fingerprint density at radius 3 is 2.57 bits per heavy atom. The predicted octanol–water partition coefficient (Wildman–Crippen LogP) is 0.737. The van der Waals surface area contributed by atoms with Gasteiger partial charge in [-0.15, -0.1) is 12.4 Å². The van der Waals surface area contributed by atoms with E-state index in [0.717, 1.165) is 23.6 Å². The maximum Gasteiger partial charge on any atom is 0.262 e. The van der Waals surface area contributed by atoms with Gasteiger partial charge in [0.15, 0.2) is 0 Å². The van der Waals surface area contributed by atoms with E-state index in [1.807, 2.05) is 6.92 Å². The van der Waals surface area contributed by atoms with Crippen molar-refractivity contribution in [3.05, 3.63) is 34.9 Å². The first-order valence-corrected chi connectivity index (χ1v) is 7.46.